The molecule has 1 aromatic heterocycles. The predicted molar refractivity (Wildman–Crippen MR) is 79.3 cm³/mol. The van der Waals surface area contributed by atoms with Gasteiger partial charge in [0.15, 0.2) is 0 Å². The molecule has 0 bridgehead atoms. The average Bonchev–Trinajstić information content (AvgIpc) is 3.01. The lowest BCUT2D eigenvalue weighted by Gasteiger charge is -2.05. The van der Waals surface area contributed by atoms with Gasteiger partial charge in [-0.15, -0.1) is 0 Å². The number of nitrogens with one attached hydrogen (secondary N) is 1. The number of amides is 1. The van der Waals surface area contributed by atoms with Gasteiger partial charge in [0.25, 0.3) is 0 Å². The highest BCUT2D eigenvalue weighted by Gasteiger charge is 2.21. The summed E-state index contributed by atoms with van der Waals surface area (Å²) < 4.78 is 28.6. The van der Waals surface area contributed by atoms with Crippen LogP contribution in [0.3, 0.4) is 0 Å². The van der Waals surface area contributed by atoms with E-state index in [1.54, 1.807) is 11.7 Å². The van der Waals surface area contributed by atoms with Crippen LogP contribution in [0.15, 0.2) is 24.3 Å². The Balaban J connectivity index is 1.77. The van der Waals surface area contributed by atoms with Gasteiger partial charge in [-0.3, -0.25) is 9.48 Å². The highest BCUT2D eigenvalue weighted by atomic mass is 19.1. The van der Waals surface area contributed by atoms with E-state index in [2.05, 4.69) is 10.4 Å². The number of aromatic nitrogens is 2. The molecule has 22 heavy (non-hydrogen) atoms. The van der Waals surface area contributed by atoms with E-state index in [4.69, 9.17) is 0 Å². The molecule has 0 radical (unpaired) electrons. The molecular weight excluding hydrogens is 288 g/mol. The van der Waals surface area contributed by atoms with Crippen LogP contribution in [-0.2, 0) is 24.7 Å². The summed E-state index contributed by atoms with van der Waals surface area (Å²) in [7, 11) is 1.76. The number of carbonyl (C=O) groups excluding carboxylic acids is 1. The summed E-state index contributed by atoms with van der Waals surface area (Å²) in [6.07, 6.45) is 5.07. The van der Waals surface area contributed by atoms with Crippen LogP contribution in [0.25, 0.3) is 6.08 Å². The second-order valence-corrected chi connectivity index (χ2v) is 5.21. The second-order valence-electron chi connectivity index (χ2n) is 5.21. The molecule has 1 aliphatic carbocycles. The van der Waals surface area contributed by atoms with Gasteiger partial charge >= 0.3 is 0 Å². The summed E-state index contributed by atoms with van der Waals surface area (Å²) in [5, 5.41) is 7.08. The Hall–Kier alpha value is -2.50. The van der Waals surface area contributed by atoms with Gasteiger partial charge in [-0.2, -0.15) is 5.10 Å². The fraction of sp³-hybridized carbons (Fsp3) is 0.250. The first-order valence-corrected chi connectivity index (χ1v) is 7.04. The van der Waals surface area contributed by atoms with Crippen LogP contribution in [0.4, 0.5) is 14.6 Å². The first-order chi connectivity index (χ1) is 10.6. The number of hydrogen-bond donors (Lipinski definition) is 1. The highest BCUT2D eigenvalue weighted by Crippen LogP contribution is 2.28. The minimum Gasteiger partial charge on any atom is -0.307 e. The number of anilines is 1. The largest absolute Gasteiger partial charge is 0.307 e. The second kappa shape index (κ2) is 5.71. The van der Waals surface area contributed by atoms with Crippen LogP contribution in [0, 0.1) is 11.6 Å². The number of benzene rings is 1. The van der Waals surface area contributed by atoms with Crippen LogP contribution >= 0.6 is 0 Å². The fourth-order valence-electron chi connectivity index (χ4n) is 2.66. The molecule has 0 spiro atoms. The molecule has 6 heteroatoms. The van der Waals surface area contributed by atoms with Crippen molar-refractivity contribution in [1.82, 2.24) is 9.78 Å². The summed E-state index contributed by atoms with van der Waals surface area (Å²) >= 11 is 0. The number of aryl methyl sites for hydroxylation is 2. The summed E-state index contributed by atoms with van der Waals surface area (Å²) in [5.41, 5.74) is 1.82. The number of carbonyl (C=O) groups is 1. The number of hydrogen-bond acceptors (Lipinski definition) is 2. The number of halogens is 2. The van der Waals surface area contributed by atoms with Crippen molar-refractivity contribution in [3.05, 3.63) is 52.7 Å². The minimum absolute atomic E-state index is 0.229. The minimum atomic E-state index is -0.703. The summed E-state index contributed by atoms with van der Waals surface area (Å²) in [4.78, 5) is 12.0. The Morgan fingerprint density at radius 3 is 2.77 bits per heavy atom. The molecular formula is C16H15F2N3O. The Labute approximate surface area is 126 Å². The maximum Gasteiger partial charge on any atom is 0.249 e. The van der Waals surface area contributed by atoms with Crippen molar-refractivity contribution in [2.75, 3.05) is 5.32 Å². The Morgan fingerprint density at radius 1 is 1.32 bits per heavy atom. The molecule has 0 saturated carbocycles. The van der Waals surface area contributed by atoms with Crippen molar-refractivity contribution in [3.8, 4) is 0 Å². The van der Waals surface area contributed by atoms with Crippen molar-refractivity contribution >= 4 is 17.8 Å². The smallest absolute Gasteiger partial charge is 0.249 e. The Bertz CT molecular complexity index is 745. The molecule has 1 N–H and O–H groups in total. The monoisotopic (exact) mass is 303 g/mol. The van der Waals surface area contributed by atoms with Gasteiger partial charge in [0.1, 0.15) is 17.5 Å². The van der Waals surface area contributed by atoms with Gasteiger partial charge in [-0.25, -0.2) is 8.78 Å². The molecule has 3 rings (SSSR count). The fourth-order valence-corrected chi connectivity index (χ4v) is 2.66. The van der Waals surface area contributed by atoms with Crippen molar-refractivity contribution in [3.63, 3.8) is 0 Å². The normalized spacial score (nSPS) is 13.6. The third kappa shape index (κ3) is 2.64. The topological polar surface area (TPSA) is 46.9 Å². The molecule has 0 fully saturated rings. The molecule has 0 aliphatic heterocycles. The zero-order chi connectivity index (χ0) is 15.7. The highest BCUT2D eigenvalue weighted by molar-refractivity contribution is 6.02. The summed E-state index contributed by atoms with van der Waals surface area (Å²) in [6.45, 7) is 0. The van der Waals surface area contributed by atoms with Gasteiger partial charge in [0.2, 0.25) is 5.91 Å². The lowest BCUT2D eigenvalue weighted by molar-refractivity contribution is -0.111. The molecule has 0 atom stereocenters. The third-order valence-electron chi connectivity index (χ3n) is 3.71. The Morgan fingerprint density at radius 2 is 2.05 bits per heavy atom. The van der Waals surface area contributed by atoms with Crippen LogP contribution in [0.5, 0.6) is 0 Å². The third-order valence-corrected chi connectivity index (χ3v) is 3.71. The molecule has 4 nitrogen and oxygen atoms in total. The summed E-state index contributed by atoms with van der Waals surface area (Å²) in [5.74, 6) is -1.20. The standard InChI is InChI=1S/C16H15F2N3O/c1-21-16(11-4-2-7-14(11)20-21)19-15(22)9-8-10-12(17)5-3-6-13(10)18/h3,5-6,8-9H,2,4,7H2,1H3,(H,19,22)/b9-8+. The van der Waals surface area contributed by atoms with E-state index in [0.717, 1.165) is 54.8 Å². The van der Waals surface area contributed by atoms with Crippen LogP contribution in [-0.4, -0.2) is 15.7 Å². The van der Waals surface area contributed by atoms with Gasteiger partial charge in [0, 0.05) is 24.3 Å². The first kappa shape index (κ1) is 14.4. The predicted octanol–water partition coefficient (Wildman–Crippen LogP) is 2.84. The van der Waals surface area contributed by atoms with Gasteiger partial charge < -0.3 is 5.32 Å². The van der Waals surface area contributed by atoms with E-state index in [-0.39, 0.29) is 5.56 Å². The zero-order valence-corrected chi connectivity index (χ0v) is 12.1. The lowest BCUT2D eigenvalue weighted by Crippen LogP contribution is -2.13. The zero-order valence-electron chi connectivity index (χ0n) is 12.1. The van der Waals surface area contributed by atoms with E-state index < -0.39 is 17.5 Å². The maximum absolute atomic E-state index is 13.5. The van der Waals surface area contributed by atoms with E-state index in [9.17, 15) is 13.6 Å². The summed E-state index contributed by atoms with van der Waals surface area (Å²) in [6, 6.07) is 3.57. The molecule has 114 valence electrons. The molecule has 0 saturated heterocycles. The molecule has 2 aromatic rings. The number of fused-ring (bicyclic) bond motifs is 1. The van der Waals surface area contributed by atoms with E-state index >= 15 is 0 Å². The quantitative estimate of drug-likeness (QED) is 0.886. The molecule has 1 heterocycles. The Kier molecular flexibility index (Phi) is 3.75. The van der Waals surface area contributed by atoms with Crippen LogP contribution < -0.4 is 5.32 Å². The first-order valence-electron chi connectivity index (χ1n) is 7.04. The van der Waals surface area contributed by atoms with Crippen molar-refractivity contribution in [1.29, 1.82) is 0 Å². The maximum atomic E-state index is 13.5. The van der Waals surface area contributed by atoms with Gasteiger partial charge in [-0.05, 0) is 37.5 Å². The van der Waals surface area contributed by atoms with E-state index in [1.165, 1.54) is 6.07 Å². The molecule has 0 unspecified atom stereocenters. The number of nitrogens with zero attached hydrogens (tertiary/aromatic N) is 2. The van der Waals surface area contributed by atoms with Crippen molar-refractivity contribution in [2.45, 2.75) is 19.3 Å². The molecule has 1 aromatic carbocycles. The van der Waals surface area contributed by atoms with Crippen LogP contribution in [0.2, 0.25) is 0 Å². The van der Waals surface area contributed by atoms with Gasteiger partial charge in [0.05, 0.1) is 5.69 Å². The lowest BCUT2D eigenvalue weighted by atomic mass is 10.2. The SMILES string of the molecule is Cn1nc2c(c1NC(=O)/C=C/c1c(F)cccc1F)CCC2. The van der Waals surface area contributed by atoms with Gasteiger partial charge in [-0.1, -0.05) is 6.07 Å². The number of rotatable bonds is 3. The molecule has 1 aliphatic rings. The average molecular weight is 303 g/mol. The van der Waals surface area contributed by atoms with Crippen LogP contribution in [0.1, 0.15) is 23.2 Å². The van der Waals surface area contributed by atoms with Crippen molar-refractivity contribution < 1.29 is 13.6 Å². The van der Waals surface area contributed by atoms with E-state index in [0.29, 0.717) is 5.82 Å². The van der Waals surface area contributed by atoms with E-state index in [1.807, 2.05) is 0 Å². The van der Waals surface area contributed by atoms with Crippen molar-refractivity contribution in [2.24, 2.45) is 7.05 Å². The molecule has 1 amide bonds.